The minimum atomic E-state index is -0.850. The van der Waals surface area contributed by atoms with Crippen LogP contribution in [0, 0.1) is 0 Å². The molecule has 0 bridgehead atoms. The molecule has 0 unspecified atom stereocenters. The van der Waals surface area contributed by atoms with E-state index in [4.69, 9.17) is 9.84 Å². The molecule has 1 heterocycles. The van der Waals surface area contributed by atoms with Gasteiger partial charge in [-0.1, -0.05) is 0 Å². The van der Waals surface area contributed by atoms with Gasteiger partial charge in [0.1, 0.15) is 0 Å². The van der Waals surface area contributed by atoms with Crippen LogP contribution in [0.2, 0.25) is 0 Å². The maximum Gasteiger partial charge on any atom is 0.303 e. The summed E-state index contributed by atoms with van der Waals surface area (Å²) in [5.41, 5.74) is 0. The van der Waals surface area contributed by atoms with Crippen molar-refractivity contribution in [3.8, 4) is 0 Å². The van der Waals surface area contributed by atoms with Gasteiger partial charge in [-0.2, -0.15) is 0 Å². The van der Waals surface area contributed by atoms with Crippen LogP contribution in [0.4, 0.5) is 0 Å². The van der Waals surface area contributed by atoms with Crippen LogP contribution in [0.1, 0.15) is 33.1 Å². The van der Waals surface area contributed by atoms with Gasteiger partial charge in [-0.05, 0) is 20.3 Å². The number of nitrogens with zero attached hydrogens (tertiary/aromatic N) is 1. The van der Waals surface area contributed by atoms with Crippen molar-refractivity contribution in [1.29, 1.82) is 0 Å². The standard InChI is InChI=1S/C11H19NO4/c1-8-6-12(7-9(2)16-8)10(13)4-3-5-11(14)15/h8-9H,3-7H2,1-2H3,(H,14,15)/t8-,9+. The molecule has 0 aromatic carbocycles. The van der Waals surface area contributed by atoms with E-state index in [1.54, 1.807) is 4.90 Å². The zero-order valence-electron chi connectivity index (χ0n) is 9.81. The highest BCUT2D eigenvalue weighted by Crippen LogP contribution is 2.12. The Bertz CT molecular complexity index is 257. The molecular weight excluding hydrogens is 210 g/mol. The van der Waals surface area contributed by atoms with Crippen LogP contribution in [0.5, 0.6) is 0 Å². The molecule has 5 heteroatoms. The second-order valence-corrected chi connectivity index (χ2v) is 4.30. The van der Waals surface area contributed by atoms with Crippen LogP contribution >= 0.6 is 0 Å². The van der Waals surface area contributed by atoms with Crippen molar-refractivity contribution in [2.45, 2.75) is 45.3 Å². The Morgan fingerprint density at radius 3 is 2.31 bits per heavy atom. The molecule has 1 saturated heterocycles. The molecule has 1 N–H and O–H groups in total. The van der Waals surface area contributed by atoms with Crippen molar-refractivity contribution in [2.24, 2.45) is 0 Å². The van der Waals surface area contributed by atoms with Crippen molar-refractivity contribution >= 4 is 11.9 Å². The molecule has 0 saturated carbocycles. The number of rotatable bonds is 4. The Hall–Kier alpha value is -1.10. The van der Waals surface area contributed by atoms with Crippen molar-refractivity contribution in [3.05, 3.63) is 0 Å². The summed E-state index contributed by atoms with van der Waals surface area (Å²) in [5.74, 6) is -0.820. The third-order valence-corrected chi connectivity index (χ3v) is 2.55. The normalized spacial score (nSPS) is 25.5. The Balaban J connectivity index is 2.32. The van der Waals surface area contributed by atoms with Gasteiger partial charge in [-0.3, -0.25) is 9.59 Å². The lowest BCUT2D eigenvalue weighted by molar-refractivity contribution is -0.143. The molecule has 0 aromatic heterocycles. The minimum Gasteiger partial charge on any atom is -0.481 e. The Labute approximate surface area is 95.4 Å². The first-order chi connectivity index (χ1) is 7.49. The van der Waals surface area contributed by atoms with E-state index < -0.39 is 5.97 Å². The molecule has 1 fully saturated rings. The SMILES string of the molecule is C[C@@H]1CN(C(=O)CCCC(=O)O)C[C@H](C)O1. The zero-order chi connectivity index (χ0) is 12.1. The highest BCUT2D eigenvalue weighted by molar-refractivity contribution is 5.77. The van der Waals surface area contributed by atoms with E-state index in [1.807, 2.05) is 13.8 Å². The predicted molar refractivity (Wildman–Crippen MR) is 58.1 cm³/mol. The third-order valence-electron chi connectivity index (χ3n) is 2.55. The third kappa shape index (κ3) is 4.18. The quantitative estimate of drug-likeness (QED) is 0.777. The number of carboxylic acids is 1. The fraction of sp³-hybridized carbons (Fsp3) is 0.818. The predicted octanol–water partition coefficient (Wildman–Crippen LogP) is 0.877. The van der Waals surface area contributed by atoms with Crippen LogP contribution in [0.15, 0.2) is 0 Å². The summed E-state index contributed by atoms with van der Waals surface area (Å²) < 4.78 is 5.52. The lowest BCUT2D eigenvalue weighted by Crippen LogP contribution is -2.48. The molecule has 1 rings (SSSR count). The van der Waals surface area contributed by atoms with Crippen LogP contribution in [0.25, 0.3) is 0 Å². The molecule has 1 amide bonds. The van der Waals surface area contributed by atoms with Gasteiger partial charge in [-0.15, -0.1) is 0 Å². The van der Waals surface area contributed by atoms with E-state index in [2.05, 4.69) is 0 Å². The molecule has 0 spiro atoms. The number of carboxylic acid groups (broad SMARTS) is 1. The lowest BCUT2D eigenvalue weighted by atomic mass is 10.2. The number of hydrogen-bond acceptors (Lipinski definition) is 3. The van der Waals surface area contributed by atoms with Gasteiger partial charge in [-0.25, -0.2) is 0 Å². The summed E-state index contributed by atoms with van der Waals surface area (Å²) in [4.78, 5) is 23.8. The number of amides is 1. The summed E-state index contributed by atoms with van der Waals surface area (Å²) in [6.45, 7) is 5.09. The molecular formula is C11H19NO4. The van der Waals surface area contributed by atoms with Gasteiger partial charge in [0.25, 0.3) is 0 Å². The Kier molecular flexibility index (Phi) is 4.73. The second kappa shape index (κ2) is 5.84. The van der Waals surface area contributed by atoms with E-state index in [0.717, 1.165) is 0 Å². The van der Waals surface area contributed by atoms with Crippen LogP contribution in [0.3, 0.4) is 0 Å². The first kappa shape index (κ1) is 13.0. The molecule has 0 aliphatic carbocycles. The number of carbonyl (C=O) groups excluding carboxylic acids is 1. The molecule has 16 heavy (non-hydrogen) atoms. The van der Waals surface area contributed by atoms with Crippen LogP contribution in [-0.2, 0) is 14.3 Å². The van der Waals surface area contributed by atoms with Gasteiger partial charge in [0.15, 0.2) is 0 Å². The van der Waals surface area contributed by atoms with E-state index >= 15 is 0 Å². The maximum absolute atomic E-state index is 11.7. The summed E-state index contributed by atoms with van der Waals surface area (Å²) >= 11 is 0. The monoisotopic (exact) mass is 229 g/mol. The van der Waals surface area contributed by atoms with E-state index in [-0.39, 0.29) is 24.5 Å². The van der Waals surface area contributed by atoms with E-state index in [9.17, 15) is 9.59 Å². The molecule has 5 nitrogen and oxygen atoms in total. The Morgan fingerprint density at radius 2 is 1.81 bits per heavy atom. The minimum absolute atomic E-state index is 0.0308. The van der Waals surface area contributed by atoms with Crippen molar-refractivity contribution < 1.29 is 19.4 Å². The smallest absolute Gasteiger partial charge is 0.303 e. The topological polar surface area (TPSA) is 66.8 Å². The van der Waals surface area contributed by atoms with Crippen LogP contribution < -0.4 is 0 Å². The average Bonchev–Trinajstić information content (AvgIpc) is 2.15. The average molecular weight is 229 g/mol. The fourth-order valence-electron chi connectivity index (χ4n) is 1.93. The maximum atomic E-state index is 11.7. The number of ether oxygens (including phenoxy) is 1. The molecule has 1 aliphatic heterocycles. The summed E-state index contributed by atoms with van der Waals surface area (Å²) in [5, 5.41) is 8.48. The largest absolute Gasteiger partial charge is 0.481 e. The second-order valence-electron chi connectivity index (χ2n) is 4.30. The van der Waals surface area contributed by atoms with Crippen LogP contribution in [-0.4, -0.2) is 47.2 Å². The Morgan fingerprint density at radius 1 is 1.25 bits per heavy atom. The number of aliphatic carboxylic acids is 1. The van der Waals surface area contributed by atoms with Crippen molar-refractivity contribution in [3.63, 3.8) is 0 Å². The fourth-order valence-corrected chi connectivity index (χ4v) is 1.93. The molecule has 1 aliphatic rings. The number of carbonyl (C=O) groups is 2. The zero-order valence-corrected chi connectivity index (χ0v) is 9.81. The lowest BCUT2D eigenvalue weighted by Gasteiger charge is -2.35. The van der Waals surface area contributed by atoms with Gasteiger partial charge >= 0.3 is 5.97 Å². The van der Waals surface area contributed by atoms with Gasteiger partial charge in [0.2, 0.25) is 5.91 Å². The molecule has 0 aromatic rings. The van der Waals surface area contributed by atoms with Crippen molar-refractivity contribution in [2.75, 3.05) is 13.1 Å². The summed E-state index contributed by atoms with van der Waals surface area (Å²) in [6, 6.07) is 0. The summed E-state index contributed by atoms with van der Waals surface area (Å²) in [6.07, 6.45) is 0.903. The van der Waals surface area contributed by atoms with Crippen molar-refractivity contribution in [1.82, 2.24) is 4.90 Å². The number of hydrogen-bond donors (Lipinski definition) is 1. The van der Waals surface area contributed by atoms with Gasteiger partial charge in [0, 0.05) is 25.9 Å². The first-order valence-electron chi connectivity index (χ1n) is 5.64. The first-order valence-corrected chi connectivity index (χ1v) is 5.64. The molecule has 92 valence electrons. The number of morpholine rings is 1. The van der Waals surface area contributed by atoms with Gasteiger partial charge in [0.05, 0.1) is 12.2 Å². The highest BCUT2D eigenvalue weighted by atomic mass is 16.5. The van der Waals surface area contributed by atoms with Gasteiger partial charge < -0.3 is 14.7 Å². The molecule has 0 radical (unpaired) electrons. The highest BCUT2D eigenvalue weighted by Gasteiger charge is 2.25. The molecule has 2 atom stereocenters. The van der Waals surface area contributed by atoms with E-state index in [1.165, 1.54) is 0 Å². The summed E-state index contributed by atoms with van der Waals surface area (Å²) in [7, 11) is 0. The van der Waals surface area contributed by atoms with E-state index in [0.29, 0.717) is 25.9 Å².